The van der Waals surface area contributed by atoms with Gasteiger partial charge in [-0.25, -0.2) is 9.18 Å². The van der Waals surface area contributed by atoms with Crippen molar-refractivity contribution < 1.29 is 18.8 Å². The number of benzene rings is 3. The maximum absolute atomic E-state index is 14.0. The molecule has 2 heterocycles. The largest absolute Gasteiger partial charge is 0.359 e. The van der Waals surface area contributed by atoms with Crippen LogP contribution in [0.25, 0.3) is 10.9 Å². The Labute approximate surface area is 216 Å². The summed E-state index contributed by atoms with van der Waals surface area (Å²) >= 11 is 6.06. The highest BCUT2D eigenvalue weighted by Gasteiger charge is 2.32. The summed E-state index contributed by atoms with van der Waals surface area (Å²) < 4.78 is 14.0. The van der Waals surface area contributed by atoms with Gasteiger partial charge in [-0.2, -0.15) is 0 Å². The fourth-order valence-electron chi connectivity index (χ4n) is 4.33. The molecular formula is C27H23ClFN5O3. The first-order chi connectivity index (χ1) is 17.9. The van der Waals surface area contributed by atoms with E-state index in [1.165, 1.54) is 23.1 Å². The van der Waals surface area contributed by atoms with Gasteiger partial charge < -0.3 is 25.8 Å². The Kier molecular flexibility index (Phi) is 6.78. The predicted octanol–water partition coefficient (Wildman–Crippen LogP) is 5.71. The molecule has 1 atom stereocenters. The minimum Gasteiger partial charge on any atom is -0.359 e. The van der Waals surface area contributed by atoms with Gasteiger partial charge in [0.2, 0.25) is 5.91 Å². The topological polar surface area (TPSA) is 106 Å². The lowest BCUT2D eigenvalue weighted by atomic mass is 10.1. The maximum atomic E-state index is 14.0. The monoisotopic (exact) mass is 519 g/mol. The van der Waals surface area contributed by atoms with Gasteiger partial charge in [-0.15, -0.1) is 0 Å². The first-order valence-electron chi connectivity index (χ1n) is 11.7. The molecule has 4 aromatic rings. The lowest BCUT2D eigenvalue weighted by Gasteiger charge is -2.17. The third-order valence-corrected chi connectivity index (χ3v) is 6.49. The van der Waals surface area contributed by atoms with Gasteiger partial charge in [-0.3, -0.25) is 9.59 Å². The summed E-state index contributed by atoms with van der Waals surface area (Å²) in [6, 6.07) is 17.4. The van der Waals surface area contributed by atoms with E-state index in [-0.39, 0.29) is 18.0 Å². The third kappa shape index (κ3) is 5.41. The second-order valence-corrected chi connectivity index (χ2v) is 9.19. The number of aromatic nitrogens is 1. The molecule has 0 radical (unpaired) electrons. The molecule has 1 aliphatic rings. The van der Waals surface area contributed by atoms with Crippen molar-refractivity contribution in [2.24, 2.45) is 5.92 Å². The van der Waals surface area contributed by atoms with E-state index in [4.69, 9.17) is 11.6 Å². The molecule has 4 amide bonds. The van der Waals surface area contributed by atoms with Crippen LogP contribution in [-0.4, -0.2) is 40.8 Å². The van der Waals surface area contributed by atoms with Crippen molar-refractivity contribution in [3.63, 3.8) is 0 Å². The first kappa shape index (κ1) is 24.3. The Morgan fingerprint density at radius 3 is 2.43 bits per heavy atom. The smallest absolute Gasteiger partial charge is 0.323 e. The molecule has 1 saturated heterocycles. The average molecular weight is 520 g/mol. The fourth-order valence-corrected chi connectivity index (χ4v) is 4.50. The van der Waals surface area contributed by atoms with Gasteiger partial charge in [0.25, 0.3) is 5.91 Å². The zero-order valence-electron chi connectivity index (χ0n) is 19.6. The summed E-state index contributed by atoms with van der Waals surface area (Å²) in [6.07, 6.45) is 2.18. The van der Waals surface area contributed by atoms with Crippen molar-refractivity contribution in [1.82, 2.24) is 9.88 Å². The van der Waals surface area contributed by atoms with E-state index in [0.717, 1.165) is 10.9 Å². The number of H-pyrrole nitrogens is 1. The number of aromatic amines is 1. The minimum absolute atomic E-state index is 0.00387. The maximum Gasteiger partial charge on any atom is 0.323 e. The second kappa shape index (κ2) is 10.3. The molecule has 0 spiro atoms. The highest BCUT2D eigenvalue weighted by molar-refractivity contribution is 6.31. The molecular weight excluding hydrogens is 497 g/mol. The number of anilines is 3. The van der Waals surface area contributed by atoms with Gasteiger partial charge >= 0.3 is 6.03 Å². The van der Waals surface area contributed by atoms with Crippen LogP contribution in [0.1, 0.15) is 16.8 Å². The molecule has 0 aliphatic carbocycles. The number of halogens is 2. The summed E-state index contributed by atoms with van der Waals surface area (Å²) in [5, 5.41) is 9.74. The molecule has 37 heavy (non-hydrogen) atoms. The number of carbonyl (C=O) groups excluding carboxylic acids is 3. The Bertz CT molecular complexity index is 1490. The number of urea groups is 1. The molecule has 0 bridgehead atoms. The number of rotatable bonds is 5. The first-order valence-corrected chi connectivity index (χ1v) is 12.0. The van der Waals surface area contributed by atoms with E-state index in [0.29, 0.717) is 35.1 Å². The van der Waals surface area contributed by atoms with Crippen molar-refractivity contribution in [2.75, 3.05) is 29.0 Å². The summed E-state index contributed by atoms with van der Waals surface area (Å²) in [6.45, 7) is 0.601. The van der Waals surface area contributed by atoms with Crippen LogP contribution in [0.2, 0.25) is 5.02 Å². The molecule has 1 unspecified atom stereocenters. The number of nitrogens with one attached hydrogen (secondary N) is 4. The van der Waals surface area contributed by atoms with Crippen LogP contribution >= 0.6 is 11.6 Å². The zero-order chi connectivity index (χ0) is 25.9. The van der Waals surface area contributed by atoms with Crippen molar-refractivity contribution in [3.8, 4) is 0 Å². The number of hydrogen-bond acceptors (Lipinski definition) is 3. The van der Waals surface area contributed by atoms with Gasteiger partial charge in [0, 0.05) is 46.6 Å². The number of hydrogen-bond donors (Lipinski definition) is 4. The van der Waals surface area contributed by atoms with Crippen LogP contribution in [0.4, 0.5) is 26.2 Å². The standard InChI is InChI=1S/C27H23ClFN5O3/c28-17-5-10-23-21(13-17)24(14-30-23)33-27(37)32-19-8-6-18(7-9-19)31-25(35)16-11-12-34(15-16)26(36)20-3-1-2-4-22(20)29/h1-10,13-14,16,30H,11-12,15H2,(H,31,35)(H2,32,33,37). The highest BCUT2D eigenvalue weighted by Crippen LogP contribution is 2.27. The van der Waals surface area contributed by atoms with Crippen molar-refractivity contribution in [1.29, 1.82) is 0 Å². The molecule has 3 aromatic carbocycles. The van der Waals surface area contributed by atoms with E-state index in [1.54, 1.807) is 48.7 Å². The molecule has 5 rings (SSSR count). The SMILES string of the molecule is O=C(Nc1ccc(NC(=O)C2CCN(C(=O)c3ccccc3F)C2)cc1)Nc1c[nH]c2ccc(Cl)cc12. The molecule has 1 aromatic heterocycles. The minimum atomic E-state index is -0.575. The fraction of sp³-hybridized carbons (Fsp3) is 0.148. The summed E-state index contributed by atoms with van der Waals surface area (Å²) in [5.74, 6) is -1.62. The van der Waals surface area contributed by atoms with Crippen LogP contribution in [0.15, 0.2) is 72.9 Å². The number of carbonyl (C=O) groups is 3. The van der Waals surface area contributed by atoms with E-state index in [9.17, 15) is 18.8 Å². The zero-order valence-corrected chi connectivity index (χ0v) is 20.3. The van der Waals surface area contributed by atoms with Crippen LogP contribution in [0.3, 0.4) is 0 Å². The number of amides is 4. The lowest BCUT2D eigenvalue weighted by Crippen LogP contribution is -2.32. The number of likely N-dealkylation sites (tertiary alicyclic amines) is 1. The van der Waals surface area contributed by atoms with Crippen LogP contribution < -0.4 is 16.0 Å². The molecule has 10 heteroatoms. The van der Waals surface area contributed by atoms with Crippen molar-refractivity contribution in [2.45, 2.75) is 6.42 Å². The van der Waals surface area contributed by atoms with Gasteiger partial charge in [-0.1, -0.05) is 23.7 Å². The van der Waals surface area contributed by atoms with Gasteiger partial charge in [0.15, 0.2) is 0 Å². The van der Waals surface area contributed by atoms with Crippen LogP contribution in [0, 0.1) is 11.7 Å². The van der Waals surface area contributed by atoms with E-state index < -0.39 is 23.7 Å². The normalized spacial score (nSPS) is 15.0. The molecule has 1 fully saturated rings. The average Bonchev–Trinajstić information content (AvgIpc) is 3.53. The van der Waals surface area contributed by atoms with Gasteiger partial charge in [0.1, 0.15) is 5.82 Å². The molecule has 1 aliphatic heterocycles. The Morgan fingerprint density at radius 2 is 1.68 bits per heavy atom. The van der Waals surface area contributed by atoms with Crippen LogP contribution in [0.5, 0.6) is 0 Å². The number of fused-ring (bicyclic) bond motifs is 1. The quantitative estimate of drug-likeness (QED) is 0.271. The highest BCUT2D eigenvalue weighted by atomic mass is 35.5. The third-order valence-electron chi connectivity index (χ3n) is 6.25. The van der Waals surface area contributed by atoms with Crippen LogP contribution in [-0.2, 0) is 4.79 Å². The molecule has 8 nitrogen and oxygen atoms in total. The predicted molar refractivity (Wildman–Crippen MR) is 141 cm³/mol. The number of nitrogens with zero attached hydrogens (tertiary/aromatic N) is 1. The van der Waals surface area contributed by atoms with Gasteiger partial charge in [-0.05, 0) is 61.0 Å². The van der Waals surface area contributed by atoms with E-state index in [1.807, 2.05) is 6.07 Å². The summed E-state index contributed by atoms with van der Waals surface area (Å²) in [4.78, 5) is 42.4. The van der Waals surface area contributed by atoms with Crippen molar-refractivity contribution >= 4 is 57.4 Å². The molecule has 188 valence electrons. The second-order valence-electron chi connectivity index (χ2n) is 8.75. The summed E-state index contributed by atoms with van der Waals surface area (Å²) in [5.41, 5.74) is 2.54. The Hall–Kier alpha value is -4.37. The van der Waals surface area contributed by atoms with Gasteiger partial charge in [0.05, 0.1) is 17.2 Å². The van der Waals surface area contributed by atoms with Crippen molar-refractivity contribution in [3.05, 3.63) is 89.3 Å². The van der Waals surface area contributed by atoms with E-state index >= 15 is 0 Å². The Morgan fingerprint density at radius 1 is 0.946 bits per heavy atom. The van der Waals surface area contributed by atoms with E-state index in [2.05, 4.69) is 20.9 Å². The summed E-state index contributed by atoms with van der Waals surface area (Å²) in [7, 11) is 0. The molecule has 0 saturated carbocycles. The Balaban J connectivity index is 1.14. The molecule has 4 N–H and O–H groups in total. The lowest BCUT2D eigenvalue weighted by molar-refractivity contribution is -0.119.